The molecule has 2 N–H and O–H groups in total. The maximum absolute atomic E-state index is 6.22. The fourth-order valence-corrected chi connectivity index (χ4v) is 3.49. The fraction of sp³-hybridized carbons (Fsp3) is 0.231. The number of halogens is 2. The highest BCUT2D eigenvalue weighted by Gasteiger charge is 2.14. The van der Waals surface area contributed by atoms with Crippen molar-refractivity contribution >= 4 is 38.9 Å². The zero-order chi connectivity index (χ0) is 12.4. The number of aryl methyl sites for hydroxylation is 1. The van der Waals surface area contributed by atoms with Gasteiger partial charge in [-0.2, -0.15) is 0 Å². The lowest BCUT2D eigenvalue weighted by Gasteiger charge is -2.11. The standard InChI is InChI=1S/C13H13BrClNS/c1-8-7-17-13(12(8)15)11(16)6-9-3-2-4-10(14)5-9/h2-5,7,11H,6,16H2,1H3. The molecule has 1 nitrogen and oxygen atoms in total. The molecule has 0 radical (unpaired) electrons. The van der Waals surface area contributed by atoms with Crippen molar-refractivity contribution < 1.29 is 0 Å². The predicted molar refractivity (Wildman–Crippen MR) is 78.8 cm³/mol. The number of hydrogen-bond donors (Lipinski definition) is 1. The van der Waals surface area contributed by atoms with E-state index in [1.807, 2.05) is 19.1 Å². The fourth-order valence-electron chi connectivity index (χ4n) is 1.71. The molecule has 90 valence electrons. The second-order valence-corrected chi connectivity index (χ2v) is 6.24. The van der Waals surface area contributed by atoms with Crippen LogP contribution < -0.4 is 5.73 Å². The molecule has 2 aromatic rings. The van der Waals surface area contributed by atoms with Crippen molar-refractivity contribution in [2.75, 3.05) is 0 Å². The van der Waals surface area contributed by atoms with E-state index in [4.69, 9.17) is 17.3 Å². The Morgan fingerprint density at radius 2 is 2.24 bits per heavy atom. The van der Waals surface area contributed by atoms with Crippen molar-refractivity contribution in [1.82, 2.24) is 0 Å². The molecule has 0 aliphatic rings. The van der Waals surface area contributed by atoms with E-state index in [1.165, 1.54) is 5.56 Å². The molecule has 0 bridgehead atoms. The van der Waals surface area contributed by atoms with Gasteiger partial charge in [0.25, 0.3) is 0 Å². The Balaban J connectivity index is 2.17. The Morgan fingerprint density at radius 1 is 1.47 bits per heavy atom. The molecule has 0 saturated heterocycles. The maximum Gasteiger partial charge on any atom is 0.0590 e. The third-order valence-electron chi connectivity index (χ3n) is 2.61. The van der Waals surface area contributed by atoms with Gasteiger partial charge < -0.3 is 5.73 Å². The van der Waals surface area contributed by atoms with Crippen LogP contribution in [0.15, 0.2) is 34.1 Å². The van der Waals surface area contributed by atoms with Gasteiger partial charge in [0.1, 0.15) is 0 Å². The molecule has 0 aliphatic carbocycles. The van der Waals surface area contributed by atoms with Gasteiger partial charge in [0, 0.05) is 15.4 Å². The third-order valence-corrected chi connectivity index (χ3v) is 4.95. The summed E-state index contributed by atoms with van der Waals surface area (Å²) in [4.78, 5) is 1.07. The van der Waals surface area contributed by atoms with Crippen molar-refractivity contribution in [3.05, 3.63) is 55.1 Å². The Hall–Kier alpha value is -0.350. The molecule has 1 unspecified atom stereocenters. The summed E-state index contributed by atoms with van der Waals surface area (Å²) in [6, 6.07) is 8.17. The van der Waals surface area contributed by atoms with Crippen LogP contribution in [0.5, 0.6) is 0 Å². The van der Waals surface area contributed by atoms with E-state index in [0.29, 0.717) is 0 Å². The van der Waals surface area contributed by atoms with Crippen molar-refractivity contribution in [2.45, 2.75) is 19.4 Å². The molecular weight excluding hydrogens is 318 g/mol. The molecule has 1 atom stereocenters. The van der Waals surface area contributed by atoms with Gasteiger partial charge in [0.05, 0.1) is 5.02 Å². The zero-order valence-corrected chi connectivity index (χ0v) is 12.6. The monoisotopic (exact) mass is 329 g/mol. The van der Waals surface area contributed by atoms with E-state index in [2.05, 4.69) is 33.4 Å². The number of rotatable bonds is 3. The minimum absolute atomic E-state index is 0.0319. The van der Waals surface area contributed by atoms with E-state index in [0.717, 1.165) is 26.4 Å². The van der Waals surface area contributed by atoms with Gasteiger partial charge in [-0.25, -0.2) is 0 Å². The van der Waals surface area contributed by atoms with Crippen molar-refractivity contribution in [1.29, 1.82) is 0 Å². The molecule has 0 amide bonds. The van der Waals surface area contributed by atoms with Crippen LogP contribution in [0.3, 0.4) is 0 Å². The van der Waals surface area contributed by atoms with Crippen LogP contribution in [0.2, 0.25) is 5.02 Å². The van der Waals surface area contributed by atoms with Crippen LogP contribution in [-0.2, 0) is 6.42 Å². The van der Waals surface area contributed by atoms with Crippen LogP contribution in [0.4, 0.5) is 0 Å². The normalized spacial score (nSPS) is 12.7. The lowest BCUT2D eigenvalue weighted by molar-refractivity contribution is 0.736. The van der Waals surface area contributed by atoms with Gasteiger partial charge in [-0.3, -0.25) is 0 Å². The topological polar surface area (TPSA) is 26.0 Å². The molecule has 0 aliphatic heterocycles. The van der Waals surface area contributed by atoms with Crippen LogP contribution >= 0.6 is 38.9 Å². The average Bonchev–Trinajstić information content (AvgIpc) is 2.60. The second kappa shape index (κ2) is 5.53. The van der Waals surface area contributed by atoms with Crippen molar-refractivity contribution in [3.63, 3.8) is 0 Å². The Labute approximate surface area is 119 Å². The zero-order valence-electron chi connectivity index (χ0n) is 9.41. The average molecular weight is 331 g/mol. The van der Waals surface area contributed by atoms with Crippen LogP contribution in [0.25, 0.3) is 0 Å². The van der Waals surface area contributed by atoms with Gasteiger partial charge in [-0.1, -0.05) is 39.7 Å². The van der Waals surface area contributed by atoms with E-state index >= 15 is 0 Å². The third kappa shape index (κ3) is 3.10. The van der Waals surface area contributed by atoms with Gasteiger partial charge in [0.15, 0.2) is 0 Å². The first kappa shape index (κ1) is 13.1. The quantitative estimate of drug-likeness (QED) is 0.866. The van der Waals surface area contributed by atoms with Gasteiger partial charge >= 0.3 is 0 Å². The minimum Gasteiger partial charge on any atom is -0.323 e. The highest BCUT2D eigenvalue weighted by molar-refractivity contribution is 9.10. The number of thiophene rings is 1. The number of benzene rings is 1. The van der Waals surface area contributed by atoms with Crippen LogP contribution in [-0.4, -0.2) is 0 Å². The van der Waals surface area contributed by atoms with Crippen LogP contribution in [0, 0.1) is 6.92 Å². The van der Waals surface area contributed by atoms with Gasteiger partial charge in [-0.05, 0) is 42.0 Å². The summed E-state index contributed by atoms with van der Waals surface area (Å²) in [6.45, 7) is 2.01. The van der Waals surface area contributed by atoms with Gasteiger partial charge in [-0.15, -0.1) is 11.3 Å². The summed E-state index contributed by atoms with van der Waals surface area (Å²) in [6.07, 6.45) is 0.805. The Morgan fingerprint density at radius 3 is 2.82 bits per heavy atom. The summed E-state index contributed by atoms with van der Waals surface area (Å²) < 4.78 is 1.08. The predicted octanol–water partition coefficient (Wildman–Crippen LogP) is 4.71. The Bertz CT molecular complexity index is 524. The molecule has 4 heteroatoms. The molecular formula is C13H13BrClNS. The SMILES string of the molecule is Cc1csc(C(N)Cc2cccc(Br)c2)c1Cl. The first-order valence-corrected chi connectivity index (χ1v) is 7.36. The van der Waals surface area contributed by atoms with Crippen LogP contribution in [0.1, 0.15) is 22.0 Å². The molecule has 0 spiro atoms. The van der Waals surface area contributed by atoms with E-state index in [9.17, 15) is 0 Å². The molecule has 1 aromatic heterocycles. The highest BCUT2D eigenvalue weighted by Crippen LogP contribution is 2.32. The first-order valence-electron chi connectivity index (χ1n) is 5.31. The smallest absolute Gasteiger partial charge is 0.0590 e. The summed E-state index contributed by atoms with van der Waals surface area (Å²) in [5, 5.41) is 2.87. The molecule has 2 rings (SSSR count). The van der Waals surface area contributed by atoms with E-state index < -0.39 is 0 Å². The summed E-state index contributed by atoms with van der Waals surface area (Å²) in [7, 11) is 0. The second-order valence-electron chi connectivity index (χ2n) is 4.04. The number of nitrogens with two attached hydrogens (primary N) is 1. The van der Waals surface area contributed by atoms with E-state index in [-0.39, 0.29) is 6.04 Å². The summed E-state index contributed by atoms with van der Waals surface area (Å²) in [5.74, 6) is 0. The molecule has 0 fully saturated rings. The van der Waals surface area contributed by atoms with Gasteiger partial charge in [0.2, 0.25) is 0 Å². The van der Waals surface area contributed by atoms with Crippen molar-refractivity contribution in [2.24, 2.45) is 5.73 Å². The Kier molecular flexibility index (Phi) is 4.26. The molecule has 1 heterocycles. The largest absolute Gasteiger partial charge is 0.323 e. The van der Waals surface area contributed by atoms with E-state index in [1.54, 1.807) is 11.3 Å². The molecule has 17 heavy (non-hydrogen) atoms. The maximum atomic E-state index is 6.22. The molecule has 0 saturated carbocycles. The number of hydrogen-bond acceptors (Lipinski definition) is 2. The lowest BCUT2D eigenvalue weighted by Crippen LogP contribution is -2.12. The van der Waals surface area contributed by atoms with Crippen molar-refractivity contribution in [3.8, 4) is 0 Å². The first-order chi connectivity index (χ1) is 8.08. The summed E-state index contributed by atoms with van der Waals surface area (Å²) in [5.41, 5.74) is 8.53. The lowest BCUT2D eigenvalue weighted by atomic mass is 10.1. The highest BCUT2D eigenvalue weighted by atomic mass is 79.9. The molecule has 1 aromatic carbocycles. The minimum atomic E-state index is -0.0319. The summed E-state index contributed by atoms with van der Waals surface area (Å²) >= 11 is 11.3.